The van der Waals surface area contributed by atoms with Gasteiger partial charge in [-0.05, 0) is 30.2 Å². The maximum absolute atomic E-state index is 12.0. The first-order valence-corrected chi connectivity index (χ1v) is 6.74. The summed E-state index contributed by atoms with van der Waals surface area (Å²) in [5, 5.41) is 2.81. The number of nitrogens with one attached hydrogen (secondary N) is 1. The van der Waals surface area contributed by atoms with Crippen molar-refractivity contribution in [3.8, 4) is 0 Å². The van der Waals surface area contributed by atoms with Gasteiger partial charge >= 0.3 is 0 Å². The Labute approximate surface area is 112 Å². The quantitative estimate of drug-likeness (QED) is 0.827. The average molecular weight is 258 g/mol. The Morgan fingerprint density at radius 3 is 2.53 bits per heavy atom. The number of carbonyl (C=O) groups is 2. The monoisotopic (exact) mass is 258 g/mol. The van der Waals surface area contributed by atoms with Crippen molar-refractivity contribution in [2.24, 2.45) is 17.1 Å². The molecule has 0 bridgehead atoms. The largest absolute Gasteiger partial charge is 0.368 e. The van der Waals surface area contributed by atoms with Crippen LogP contribution in [-0.4, -0.2) is 17.9 Å². The van der Waals surface area contributed by atoms with Crippen LogP contribution >= 0.6 is 0 Å². The number of hydrogen-bond donors (Lipinski definition) is 2. The molecule has 19 heavy (non-hydrogen) atoms. The molecule has 3 N–H and O–H groups in total. The predicted octanol–water partition coefficient (Wildman–Crippen LogP) is 0.999. The van der Waals surface area contributed by atoms with Crippen LogP contribution in [0.3, 0.4) is 0 Å². The van der Waals surface area contributed by atoms with Crippen molar-refractivity contribution in [3.05, 3.63) is 35.9 Å². The zero-order valence-corrected chi connectivity index (χ0v) is 10.8. The van der Waals surface area contributed by atoms with E-state index >= 15 is 0 Å². The van der Waals surface area contributed by atoms with Gasteiger partial charge in [-0.25, -0.2) is 0 Å². The van der Waals surface area contributed by atoms with Crippen molar-refractivity contribution in [2.45, 2.75) is 31.7 Å². The molecule has 2 atom stereocenters. The highest BCUT2D eigenvalue weighted by Crippen LogP contribution is 2.70. The molecule has 1 aromatic rings. The van der Waals surface area contributed by atoms with Crippen molar-refractivity contribution >= 4 is 11.8 Å². The van der Waals surface area contributed by atoms with Gasteiger partial charge in [0, 0.05) is 12.3 Å². The Balaban J connectivity index is 1.61. The maximum Gasteiger partial charge on any atom is 0.240 e. The standard InChI is InChI=1S/C15H18N2O2/c16-13(18)12(8-10-4-2-1-3-5-10)17-14(19)11-9-15(11)6-7-15/h1-5,11-12H,6-9H2,(H2,16,18)(H,17,19). The summed E-state index contributed by atoms with van der Waals surface area (Å²) in [5.74, 6) is -0.356. The van der Waals surface area contributed by atoms with Gasteiger partial charge in [0.25, 0.3) is 0 Å². The van der Waals surface area contributed by atoms with Gasteiger partial charge < -0.3 is 11.1 Å². The van der Waals surface area contributed by atoms with Crippen LogP contribution in [0.4, 0.5) is 0 Å². The minimum Gasteiger partial charge on any atom is -0.368 e. The first-order chi connectivity index (χ1) is 9.11. The topological polar surface area (TPSA) is 72.2 Å². The number of benzene rings is 1. The van der Waals surface area contributed by atoms with E-state index in [1.165, 1.54) is 0 Å². The molecule has 2 unspecified atom stereocenters. The van der Waals surface area contributed by atoms with Gasteiger partial charge in [-0.3, -0.25) is 9.59 Å². The molecule has 1 spiro atoms. The van der Waals surface area contributed by atoms with Gasteiger partial charge in [-0.2, -0.15) is 0 Å². The van der Waals surface area contributed by atoms with Gasteiger partial charge in [0.05, 0.1) is 0 Å². The maximum atomic E-state index is 12.0. The molecule has 4 heteroatoms. The lowest BCUT2D eigenvalue weighted by molar-refractivity contribution is -0.128. The summed E-state index contributed by atoms with van der Waals surface area (Å²) in [6.45, 7) is 0. The molecular weight excluding hydrogens is 240 g/mol. The van der Waals surface area contributed by atoms with Crippen molar-refractivity contribution in [2.75, 3.05) is 0 Å². The molecule has 2 amide bonds. The highest BCUT2D eigenvalue weighted by Gasteiger charge is 2.65. The second kappa shape index (κ2) is 4.37. The average Bonchev–Trinajstić information content (AvgIpc) is 3.30. The second-order valence-electron chi connectivity index (χ2n) is 5.77. The number of amides is 2. The SMILES string of the molecule is NC(=O)C(Cc1ccccc1)NC(=O)C1CC12CC2. The molecule has 0 radical (unpaired) electrons. The first kappa shape index (κ1) is 12.2. The van der Waals surface area contributed by atoms with Crippen molar-refractivity contribution in [1.29, 1.82) is 0 Å². The van der Waals surface area contributed by atoms with Crippen LogP contribution < -0.4 is 11.1 Å². The lowest BCUT2D eigenvalue weighted by Crippen LogP contribution is -2.46. The summed E-state index contributed by atoms with van der Waals surface area (Å²) in [4.78, 5) is 23.5. The molecule has 1 aromatic carbocycles. The molecule has 2 aliphatic carbocycles. The van der Waals surface area contributed by atoms with Crippen LogP contribution in [0.25, 0.3) is 0 Å². The fourth-order valence-corrected chi connectivity index (χ4v) is 2.78. The lowest BCUT2D eigenvalue weighted by Gasteiger charge is -2.15. The molecule has 0 saturated heterocycles. The number of nitrogens with two attached hydrogens (primary N) is 1. The van der Waals surface area contributed by atoms with E-state index < -0.39 is 11.9 Å². The van der Waals surface area contributed by atoms with E-state index in [1.54, 1.807) is 0 Å². The summed E-state index contributed by atoms with van der Waals surface area (Å²) in [6.07, 6.45) is 3.76. The summed E-state index contributed by atoms with van der Waals surface area (Å²) in [7, 11) is 0. The third kappa shape index (κ3) is 2.48. The second-order valence-corrected chi connectivity index (χ2v) is 5.77. The van der Waals surface area contributed by atoms with Crippen LogP contribution in [0.15, 0.2) is 30.3 Å². The minimum absolute atomic E-state index is 0.00256. The van der Waals surface area contributed by atoms with Gasteiger partial charge in [0.2, 0.25) is 11.8 Å². The molecule has 2 saturated carbocycles. The van der Waals surface area contributed by atoms with Crippen LogP contribution in [0, 0.1) is 11.3 Å². The van der Waals surface area contributed by atoms with Gasteiger partial charge in [0.1, 0.15) is 6.04 Å². The van der Waals surface area contributed by atoms with Crippen LogP contribution in [-0.2, 0) is 16.0 Å². The normalized spacial score (nSPS) is 23.7. The molecule has 4 nitrogen and oxygen atoms in total. The van der Waals surface area contributed by atoms with Gasteiger partial charge in [0.15, 0.2) is 0 Å². The molecular formula is C15H18N2O2. The van der Waals surface area contributed by atoms with Crippen LogP contribution in [0.5, 0.6) is 0 Å². The lowest BCUT2D eigenvalue weighted by atomic mass is 10.1. The minimum atomic E-state index is -0.605. The molecule has 0 aromatic heterocycles. The van der Waals surface area contributed by atoms with Crippen LogP contribution in [0.1, 0.15) is 24.8 Å². The zero-order valence-electron chi connectivity index (χ0n) is 10.8. The van der Waals surface area contributed by atoms with Crippen molar-refractivity contribution in [1.82, 2.24) is 5.32 Å². The highest BCUT2D eigenvalue weighted by molar-refractivity contribution is 5.89. The Morgan fingerprint density at radius 2 is 2.00 bits per heavy atom. The molecule has 2 fully saturated rings. The Kier molecular flexibility index (Phi) is 2.81. The van der Waals surface area contributed by atoms with Crippen molar-refractivity contribution < 1.29 is 9.59 Å². The third-order valence-corrected chi connectivity index (χ3v) is 4.34. The zero-order chi connectivity index (χ0) is 13.5. The Hall–Kier alpha value is -1.84. The van der Waals surface area contributed by atoms with Gasteiger partial charge in [-0.1, -0.05) is 30.3 Å². The van der Waals surface area contributed by atoms with E-state index in [4.69, 9.17) is 5.73 Å². The van der Waals surface area contributed by atoms with Gasteiger partial charge in [-0.15, -0.1) is 0 Å². The fourth-order valence-electron chi connectivity index (χ4n) is 2.78. The number of primary amides is 1. The summed E-state index contributed by atoms with van der Waals surface area (Å²) >= 11 is 0. The highest BCUT2D eigenvalue weighted by atomic mass is 16.2. The predicted molar refractivity (Wildman–Crippen MR) is 71.0 cm³/mol. The summed E-state index contributed by atoms with van der Waals surface area (Å²) in [6, 6.07) is 9.00. The van der Waals surface area contributed by atoms with E-state index in [9.17, 15) is 9.59 Å². The number of carbonyl (C=O) groups excluding carboxylic acids is 2. The van der Waals surface area contributed by atoms with E-state index in [-0.39, 0.29) is 11.8 Å². The molecule has 0 heterocycles. The Morgan fingerprint density at radius 1 is 1.32 bits per heavy atom. The van der Waals surface area contributed by atoms with E-state index in [1.807, 2.05) is 30.3 Å². The first-order valence-electron chi connectivity index (χ1n) is 6.74. The smallest absolute Gasteiger partial charge is 0.240 e. The molecule has 0 aliphatic heterocycles. The third-order valence-electron chi connectivity index (χ3n) is 4.34. The summed E-state index contributed by atoms with van der Waals surface area (Å²) < 4.78 is 0. The summed E-state index contributed by atoms with van der Waals surface area (Å²) in [5.41, 5.74) is 6.69. The van der Waals surface area contributed by atoms with E-state index in [0.29, 0.717) is 11.8 Å². The molecule has 3 rings (SSSR count). The molecule has 100 valence electrons. The van der Waals surface area contributed by atoms with Crippen molar-refractivity contribution in [3.63, 3.8) is 0 Å². The van der Waals surface area contributed by atoms with E-state index in [0.717, 1.165) is 24.8 Å². The van der Waals surface area contributed by atoms with Crippen LogP contribution in [0.2, 0.25) is 0 Å². The Bertz CT molecular complexity index is 508. The number of rotatable bonds is 5. The molecule has 2 aliphatic rings. The van der Waals surface area contributed by atoms with E-state index in [2.05, 4.69) is 5.32 Å². The fraction of sp³-hybridized carbons (Fsp3) is 0.467. The number of hydrogen-bond acceptors (Lipinski definition) is 2.